The molecule has 2 aliphatic heterocycles. The molecule has 8 nitrogen and oxygen atoms in total. The van der Waals surface area contributed by atoms with Gasteiger partial charge in [-0.25, -0.2) is 15.0 Å². The molecule has 1 N–H and O–H groups in total. The molecule has 1 aromatic rings. The molecule has 1 fully saturated rings. The van der Waals surface area contributed by atoms with Gasteiger partial charge in [-0.05, 0) is 27.7 Å². The van der Waals surface area contributed by atoms with Crippen LogP contribution in [-0.4, -0.2) is 40.6 Å². The first-order chi connectivity index (χ1) is 11.1. The molecule has 0 bridgehead atoms. The van der Waals surface area contributed by atoms with Gasteiger partial charge in [-0.1, -0.05) is 5.21 Å². The molecule has 24 heavy (non-hydrogen) atoms. The third-order valence-corrected chi connectivity index (χ3v) is 5.06. The number of methoxy groups -OCH3 is 2. The Hall–Kier alpha value is -2.32. The first-order valence-corrected chi connectivity index (χ1v) is 7.55. The second-order valence-corrected chi connectivity index (χ2v) is 6.79. The molecule has 2 heterocycles. The summed E-state index contributed by atoms with van der Waals surface area (Å²) >= 11 is 0. The van der Waals surface area contributed by atoms with Gasteiger partial charge in [-0.2, -0.15) is 5.06 Å². The summed E-state index contributed by atoms with van der Waals surface area (Å²) in [6.45, 7) is 7.12. The lowest BCUT2D eigenvalue weighted by Crippen LogP contribution is -2.52. The van der Waals surface area contributed by atoms with Gasteiger partial charge in [0, 0.05) is 12.1 Å². The molecule has 3 rings (SSSR count). The van der Waals surface area contributed by atoms with E-state index in [0.29, 0.717) is 22.2 Å². The monoisotopic (exact) mass is 333 g/mol. The van der Waals surface area contributed by atoms with Crippen LogP contribution in [-0.2, 0) is 5.21 Å². The van der Waals surface area contributed by atoms with Crippen LogP contribution >= 0.6 is 0 Å². The Morgan fingerprint density at radius 2 is 1.42 bits per heavy atom. The Balaban J connectivity index is 2.21. The maximum absolute atomic E-state index is 12.7. The lowest BCUT2D eigenvalue weighted by molar-refractivity contribution is -0.182. The summed E-state index contributed by atoms with van der Waals surface area (Å²) in [6, 6.07) is 3.38. The first kappa shape index (κ1) is 16.5. The predicted molar refractivity (Wildman–Crippen MR) is 83.2 cm³/mol. The highest BCUT2D eigenvalue weighted by atomic mass is 16.6. The number of rotatable bonds is 2. The fraction of sp³-hybridized carbons (Fsp3) is 0.500. The molecule has 0 amide bonds. The molecule has 0 atom stereocenters. The molecular formula is C16H21N4O4. The molecule has 0 saturated carbocycles. The van der Waals surface area contributed by atoms with Gasteiger partial charge in [0.05, 0.1) is 36.0 Å². The van der Waals surface area contributed by atoms with Crippen LogP contribution in [0.4, 0.5) is 0 Å². The van der Waals surface area contributed by atoms with Crippen molar-refractivity contribution in [3.8, 4) is 11.5 Å². The average molecular weight is 333 g/mol. The topological polar surface area (TPSA) is 89.8 Å². The van der Waals surface area contributed by atoms with E-state index >= 15 is 0 Å². The molecule has 0 aromatic heterocycles. The predicted octanol–water partition coefficient (Wildman–Crippen LogP) is 0.993. The normalized spacial score (nSPS) is 20.7. The van der Waals surface area contributed by atoms with Crippen LogP contribution in [0.2, 0.25) is 0 Å². The number of nitrogens with zero attached hydrogens (tertiary/aromatic N) is 4. The molecule has 2 aliphatic rings. The SMILES string of the molecule is COc1cc2c(cc1OC)=NC(=C1N([O])C(C)(C)C(C)(C)N1O)N=2. The van der Waals surface area contributed by atoms with Crippen molar-refractivity contribution in [2.75, 3.05) is 14.2 Å². The number of hydrogen-bond donors (Lipinski definition) is 1. The van der Waals surface area contributed by atoms with Crippen LogP contribution in [0.3, 0.4) is 0 Å². The van der Waals surface area contributed by atoms with E-state index < -0.39 is 11.1 Å². The first-order valence-electron chi connectivity index (χ1n) is 7.55. The van der Waals surface area contributed by atoms with Crippen LogP contribution in [0, 0.1) is 0 Å². The lowest BCUT2D eigenvalue weighted by atomic mass is 9.84. The summed E-state index contributed by atoms with van der Waals surface area (Å²) in [4.78, 5) is 8.77. The van der Waals surface area contributed by atoms with Gasteiger partial charge >= 0.3 is 0 Å². The second kappa shape index (κ2) is 5.09. The van der Waals surface area contributed by atoms with Gasteiger partial charge < -0.3 is 9.47 Å². The Kier molecular flexibility index (Phi) is 3.50. The highest BCUT2D eigenvalue weighted by molar-refractivity contribution is 5.40. The molecule has 1 radical (unpaired) electrons. The van der Waals surface area contributed by atoms with E-state index in [1.54, 1.807) is 39.8 Å². The summed E-state index contributed by atoms with van der Waals surface area (Å²) in [5.74, 6) is 1.23. The van der Waals surface area contributed by atoms with Crippen LogP contribution in [0.25, 0.3) is 0 Å². The number of hydrogen-bond acceptors (Lipinski definition) is 7. The summed E-state index contributed by atoms with van der Waals surface area (Å²) in [7, 11) is 3.07. The Morgan fingerprint density at radius 3 is 1.75 bits per heavy atom. The standard InChI is InChI=1S/C16H21N4O4/c1-15(2)16(3,4)20(22)14(19(15)21)13-17-9-7-11(23-5)12(24-6)8-10(9)18-13/h7-8,21H,1-6H3. The van der Waals surface area contributed by atoms with Gasteiger partial charge in [0.15, 0.2) is 17.3 Å². The molecule has 129 valence electrons. The third kappa shape index (κ3) is 1.99. The minimum absolute atomic E-state index is 0.0270. The maximum Gasteiger partial charge on any atom is 0.202 e. The Morgan fingerprint density at radius 1 is 0.958 bits per heavy atom. The molecule has 0 spiro atoms. The van der Waals surface area contributed by atoms with Gasteiger partial charge in [0.2, 0.25) is 5.82 Å². The zero-order chi connectivity index (χ0) is 17.9. The number of ether oxygens (including phenoxy) is 2. The molecule has 1 saturated heterocycles. The summed E-state index contributed by atoms with van der Waals surface area (Å²) in [5, 5.41) is 26.1. The van der Waals surface area contributed by atoms with Crippen molar-refractivity contribution in [2.24, 2.45) is 9.98 Å². The number of fused-ring (bicyclic) bond motifs is 1. The summed E-state index contributed by atoms with van der Waals surface area (Å²) in [6.07, 6.45) is 0. The van der Waals surface area contributed by atoms with Gasteiger partial charge in [0.1, 0.15) is 0 Å². The number of benzene rings is 1. The van der Waals surface area contributed by atoms with Gasteiger partial charge in [0.25, 0.3) is 0 Å². The van der Waals surface area contributed by atoms with E-state index in [1.165, 1.54) is 14.2 Å². The molecule has 1 aromatic carbocycles. The highest BCUT2D eigenvalue weighted by Gasteiger charge is 2.57. The highest BCUT2D eigenvalue weighted by Crippen LogP contribution is 2.44. The zero-order valence-electron chi connectivity index (χ0n) is 14.6. The van der Waals surface area contributed by atoms with E-state index in [4.69, 9.17) is 9.47 Å². The van der Waals surface area contributed by atoms with Crippen molar-refractivity contribution in [2.45, 2.75) is 38.8 Å². The average Bonchev–Trinajstić information content (AvgIpc) is 2.99. The molecular weight excluding hydrogens is 312 g/mol. The van der Waals surface area contributed by atoms with E-state index in [1.807, 2.05) is 0 Å². The van der Waals surface area contributed by atoms with E-state index in [2.05, 4.69) is 9.98 Å². The second-order valence-electron chi connectivity index (χ2n) is 6.79. The molecule has 0 unspecified atom stereocenters. The van der Waals surface area contributed by atoms with E-state index in [0.717, 1.165) is 10.1 Å². The van der Waals surface area contributed by atoms with Crippen molar-refractivity contribution in [3.05, 3.63) is 34.5 Å². The maximum atomic E-state index is 12.7. The fourth-order valence-electron chi connectivity index (χ4n) is 2.70. The fourth-order valence-corrected chi connectivity index (χ4v) is 2.70. The van der Waals surface area contributed by atoms with Crippen LogP contribution in [0.1, 0.15) is 27.7 Å². The van der Waals surface area contributed by atoms with Crippen molar-refractivity contribution >= 4 is 0 Å². The Labute approximate surface area is 139 Å². The minimum atomic E-state index is -0.848. The molecule has 8 heteroatoms. The summed E-state index contributed by atoms with van der Waals surface area (Å²) in [5.41, 5.74) is -1.65. The minimum Gasteiger partial charge on any atom is -0.493 e. The van der Waals surface area contributed by atoms with Gasteiger partial charge in [-0.15, -0.1) is 0 Å². The van der Waals surface area contributed by atoms with Crippen molar-refractivity contribution < 1.29 is 19.9 Å². The smallest absolute Gasteiger partial charge is 0.202 e. The largest absolute Gasteiger partial charge is 0.493 e. The quantitative estimate of drug-likeness (QED) is 0.872. The zero-order valence-corrected chi connectivity index (χ0v) is 14.6. The Bertz CT molecular complexity index is 777. The van der Waals surface area contributed by atoms with Crippen LogP contribution in [0.5, 0.6) is 11.5 Å². The van der Waals surface area contributed by atoms with Crippen LogP contribution in [0.15, 0.2) is 33.8 Å². The van der Waals surface area contributed by atoms with Crippen molar-refractivity contribution in [3.63, 3.8) is 0 Å². The summed E-state index contributed by atoms with van der Waals surface area (Å²) < 4.78 is 10.5. The van der Waals surface area contributed by atoms with Crippen molar-refractivity contribution in [1.29, 1.82) is 0 Å². The van der Waals surface area contributed by atoms with Crippen molar-refractivity contribution in [1.82, 2.24) is 10.1 Å². The van der Waals surface area contributed by atoms with E-state index in [-0.39, 0.29) is 11.6 Å². The lowest BCUT2D eigenvalue weighted by Gasteiger charge is -2.36. The third-order valence-electron chi connectivity index (χ3n) is 5.06. The molecule has 0 aliphatic carbocycles. The van der Waals surface area contributed by atoms with Crippen LogP contribution < -0.4 is 20.2 Å². The number of hydroxylamine groups is 4. The van der Waals surface area contributed by atoms with E-state index in [9.17, 15) is 10.4 Å². The van der Waals surface area contributed by atoms with Gasteiger partial charge in [-0.3, -0.25) is 5.21 Å².